The summed E-state index contributed by atoms with van der Waals surface area (Å²) in [5.74, 6) is 0.325. The van der Waals surface area contributed by atoms with Crippen LogP contribution in [0.15, 0.2) is 42.5 Å². The summed E-state index contributed by atoms with van der Waals surface area (Å²) in [6.07, 6.45) is 0. The molecule has 3 heteroatoms. The van der Waals surface area contributed by atoms with E-state index in [4.69, 9.17) is 16.3 Å². The van der Waals surface area contributed by atoms with Crippen molar-refractivity contribution < 1.29 is 9.13 Å². The van der Waals surface area contributed by atoms with Crippen molar-refractivity contribution in [1.82, 2.24) is 0 Å². The van der Waals surface area contributed by atoms with Gasteiger partial charge in [-0.15, -0.1) is 0 Å². The van der Waals surface area contributed by atoms with Gasteiger partial charge in [-0.3, -0.25) is 0 Å². The summed E-state index contributed by atoms with van der Waals surface area (Å²) < 4.78 is 18.3. The van der Waals surface area contributed by atoms with Gasteiger partial charge in [0.25, 0.3) is 0 Å². The second kappa shape index (κ2) is 4.54. The third-order valence-corrected chi connectivity index (χ3v) is 2.63. The molecule has 0 saturated carbocycles. The first-order valence-corrected chi connectivity index (χ1v) is 5.18. The van der Waals surface area contributed by atoms with Gasteiger partial charge in [-0.1, -0.05) is 35.9 Å². The highest BCUT2D eigenvalue weighted by atomic mass is 35.5. The number of halogens is 2. The Kier molecular flexibility index (Phi) is 3.11. The molecule has 2 aromatic carbocycles. The molecule has 0 N–H and O–H groups in total. The summed E-state index contributed by atoms with van der Waals surface area (Å²) in [6, 6.07) is 12.2. The van der Waals surface area contributed by atoms with Crippen LogP contribution in [0.1, 0.15) is 0 Å². The third-order valence-electron chi connectivity index (χ3n) is 2.34. The van der Waals surface area contributed by atoms with E-state index in [1.165, 1.54) is 6.07 Å². The summed E-state index contributed by atoms with van der Waals surface area (Å²) >= 11 is 5.74. The molecule has 0 aliphatic heterocycles. The van der Waals surface area contributed by atoms with Gasteiger partial charge in [0.05, 0.1) is 12.1 Å². The van der Waals surface area contributed by atoms with Crippen molar-refractivity contribution in [2.75, 3.05) is 7.11 Å². The average Bonchev–Trinajstić information content (AvgIpc) is 2.32. The van der Waals surface area contributed by atoms with Gasteiger partial charge in [0, 0.05) is 5.56 Å². The molecule has 0 bridgehead atoms. The Morgan fingerprint density at radius 3 is 2.56 bits per heavy atom. The predicted molar refractivity (Wildman–Crippen MR) is 63.4 cm³/mol. The van der Waals surface area contributed by atoms with Gasteiger partial charge in [-0.25, -0.2) is 4.39 Å². The fourth-order valence-corrected chi connectivity index (χ4v) is 1.73. The van der Waals surface area contributed by atoms with Crippen LogP contribution >= 0.6 is 11.6 Å². The number of hydrogen-bond donors (Lipinski definition) is 0. The van der Waals surface area contributed by atoms with E-state index < -0.39 is 5.82 Å². The van der Waals surface area contributed by atoms with Gasteiger partial charge < -0.3 is 4.74 Å². The summed E-state index contributed by atoms with van der Waals surface area (Å²) in [6.45, 7) is 0. The molecular formula is C13H10ClFO. The summed E-state index contributed by atoms with van der Waals surface area (Å²) in [7, 11) is 1.60. The summed E-state index contributed by atoms with van der Waals surface area (Å²) in [5.41, 5.74) is 1.73. The molecule has 0 saturated heterocycles. The molecule has 16 heavy (non-hydrogen) atoms. The van der Waals surface area contributed by atoms with E-state index in [0.29, 0.717) is 0 Å². The number of methoxy groups -OCH3 is 1. The Morgan fingerprint density at radius 2 is 1.88 bits per heavy atom. The Bertz CT molecular complexity index is 511. The van der Waals surface area contributed by atoms with E-state index in [9.17, 15) is 4.39 Å². The first-order chi connectivity index (χ1) is 7.72. The van der Waals surface area contributed by atoms with Gasteiger partial charge in [-0.2, -0.15) is 0 Å². The minimum absolute atomic E-state index is 0.114. The lowest BCUT2D eigenvalue weighted by Crippen LogP contribution is -1.88. The molecule has 2 aromatic rings. The highest BCUT2D eigenvalue weighted by molar-refractivity contribution is 6.31. The standard InChI is InChI=1S/C13H10ClFO/c1-16-13-5-3-2-4-10(13)9-6-7-12(15)11(14)8-9/h2-8H,1H3. The molecule has 0 amide bonds. The van der Waals surface area contributed by atoms with E-state index in [1.54, 1.807) is 19.2 Å². The Hall–Kier alpha value is -1.54. The number of rotatable bonds is 2. The van der Waals surface area contributed by atoms with E-state index in [0.717, 1.165) is 16.9 Å². The molecule has 0 atom stereocenters. The lowest BCUT2D eigenvalue weighted by atomic mass is 10.0. The largest absolute Gasteiger partial charge is 0.496 e. The van der Waals surface area contributed by atoms with Crippen molar-refractivity contribution in [3.63, 3.8) is 0 Å². The van der Waals surface area contributed by atoms with Gasteiger partial charge >= 0.3 is 0 Å². The van der Waals surface area contributed by atoms with Crippen LogP contribution in [0.3, 0.4) is 0 Å². The summed E-state index contributed by atoms with van der Waals surface area (Å²) in [5, 5.41) is 0.114. The second-order valence-corrected chi connectivity index (χ2v) is 3.74. The molecule has 0 unspecified atom stereocenters. The first kappa shape index (κ1) is 11.0. The molecular weight excluding hydrogens is 227 g/mol. The van der Waals surface area contributed by atoms with E-state index >= 15 is 0 Å². The van der Waals surface area contributed by atoms with E-state index in [2.05, 4.69) is 0 Å². The molecule has 82 valence electrons. The van der Waals surface area contributed by atoms with E-state index in [-0.39, 0.29) is 5.02 Å². The average molecular weight is 237 g/mol. The third kappa shape index (κ3) is 2.02. The zero-order valence-electron chi connectivity index (χ0n) is 8.71. The van der Waals surface area contributed by atoms with Gasteiger partial charge in [0.1, 0.15) is 11.6 Å². The molecule has 0 radical (unpaired) electrons. The maximum atomic E-state index is 13.0. The molecule has 0 aliphatic rings. The van der Waals surface area contributed by atoms with Crippen LogP contribution in [0, 0.1) is 5.82 Å². The lowest BCUT2D eigenvalue weighted by molar-refractivity contribution is 0.416. The zero-order valence-corrected chi connectivity index (χ0v) is 9.46. The number of hydrogen-bond acceptors (Lipinski definition) is 1. The molecule has 1 nitrogen and oxygen atoms in total. The van der Waals surface area contributed by atoms with Crippen LogP contribution in [-0.2, 0) is 0 Å². The van der Waals surface area contributed by atoms with Crippen molar-refractivity contribution in [2.45, 2.75) is 0 Å². The van der Waals surface area contributed by atoms with Gasteiger partial charge in [0.2, 0.25) is 0 Å². The topological polar surface area (TPSA) is 9.23 Å². The van der Waals surface area contributed by atoms with Crippen LogP contribution in [-0.4, -0.2) is 7.11 Å². The molecule has 0 spiro atoms. The van der Waals surface area contributed by atoms with Crippen molar-refractivity contribution in [3.8, 4) is 16.9 Å². The zero-order chi connectivity index (χ0) is 11.5. The number of benzene rings is 2. The fourth-order valence-electron chi connectivity index (χ4n) is 1.55. The van der Waals surface area contributed by atoms with Crippen LogP contribution in [0.5, 0.6) is 5.75 Å². The Morgan fingerprint density at radius 1 is 1.12 bits per heavy atom. The van der Waals surface area contributed by atoms with E-state index in [1.807, 2.05) is 24.3 Å². The molecule has 0 aliphatic carbocycles. The van der Waals surface area contributed by atoms with Crippen LogP contribution in [0.4, 0.5) is 4.39 Å². The normalized spacial score (nSPS) is 10.2. The minimum atomic E-state index is -0.416. The smallest absolute Gasteiger partial charge is 0.141 e. The first-order valence-electron chi connectivity index (χ1n) is 4.81. The van der Waals surface area contributed by atoms with Crippen molar-refractivity contribution in [3.05, 3.63) is 53.3 Å². The maximum Gasteiger partial charge on any atom is 0.141 e. The molecule has 0 fully saturated rings. The quantitative estimate of drug-likeness (QED) is 0.761. The lowest BCUT2D eigenvalue weighted by Gasteiger charge is -2.08. The maximum absolute atomic E-state index is 13.0. The van der Waals surface area contributed by atoms with Crippen LogP contribution in [0.25, 0.3) is 11.1 Å². The monoisotopic (exact) mass is 236 g/mol. The van der Waals surface area contributed by atoms with Crippen molar-refractivity contribution in [2.24, 2.45) is 0 Å². The molecule has 2 rings (SSSR count). The van der Waals surface area contributed by atoms with Crippen LogP contribution < -0.4 is 4.74 Å². The summed E-state index contributed by atoms with van der Waals surface area (Å²) in [4.78, 5) is 0. The second-order valence-electron chi connectivity index (χ2n) is 3.33. The van der Waals surface area contributed by atoms with Gasteiger partial charge in [-0.05, 0) is 23.8 Å². The fraction of sp³-hybridized carbons (Fsp3) is 0.0769. The molecule has 0 aromatic heterocycles. The Labute approximate surface area is 98.4 Å². The van der Waals surface area contributed by atoms with Crippen molar-refractivity contribution in [1.29, 1.82) is 0 Å². The highest BCUT2D eigenvalue weighted by Gasteiger charge is 2.07. The number of para-hydroxylation sites is 1. The van der Waals surface area contributed by atoms with Crippen LogP contribution in [0.2, 0.25) is 5.02 Å². The van der Waals surface area contributed by atoms with Crippen molar-refractivity contribution >= 4 is 11.6 Å². The minimum Gasteiger partial charge on any atom is -0.496 e. The molecule has 0 heterocycles. The highest BCUT2D eigenvalue weighted by Crippen LogP contribution is 2.31. The van der Waals surface area contributed by atoms with Gasteiger partial charge in [0.15, 0.2) is 0 Å². The predicted octanol–water partition coefficient (Wildman–Crippen LogP) is 4.15. The Balaban J connectivity index is 2.54. The number of ether oxygens (including phenoxy) is 1. The SMILES string of the molecule is COc1ccccc1-c1ccc(F)c(Cl)c1.